The zero-order chi connectivity index (χ0) is 29.9. The van der Waals surface area contributed by atoms with E-state index in [-0.39, 0.29) is 16.9 Å². The lowest BCUT2D eigenvalue weighted by Crippen LogP contribution is -2.22. The van der Waals surface area contributed by atoms with Crippen molar-refractivity contribution in [2.24, 2.45) is 5.10 Å². The Labute approximate surface area is 241 Å². The summed E-state index contributed by atoms with van der Waals surface area (Å²) < 4.78 is 30.0. The summed E-state index contributed by atoms with van der Waals surface area (Å²) >= 11 is 0. The van der Waals surface area contributed by atoms with E-state index in [4.69, 9.17) is 5.10 Å². The molecule has 4 aromatic rings. The van der Waals surface area contributed by atoms with Crippen LogP contribution in [0.3, 0.4) is 0 Å². The molecule has 0 atom stereocenters. The number of carbonyl (C=O) groups is 1. The Morgan fingerprint density at radius 3 is 2.43 bits per heavy atom. The van der Waals surface area contributed by atoms with E-state index in [0.717, 1.165) is 54.8 Å². The lowest BCUT2D eigenvalue weighted by Gasteiger charge is -2.20. The molecule has 3 aromatic carbocycles. The topological polar surface area (TPSA) is 172 Å². The minimum atomic E-state index is -4.35. The van der Waals surface area contributed by atoms with E-state index in [1.54, 1.807) is 6.21 Å². The molecule has 0 aliphatic carbocycles. The molecule has 1 aromatic heterocycles. The lowest BCUT2D eigenvalue weighted by molar-refractivity contribution is -0.384. The number of rotatable bonds is 10. The highest BCUT2D eigenvalue weighted by atomic mass is 32.2. The third-order valence-electron chi connectivity index (χ3n) is 6.74. The molecule has 0 spiro atoms. The number of sulfonamides is 1. The van der Waals surface area contributed by atoms with Crippen molar-refractivity contribution in [1.29, 1.82) is 0 Å². The summed E-state index contributed by atoms with van der Waals surface area (Å²) in [5.74, 6) is -0.459. The first kappa shape index (κ1) is 28.3. The van der Waals surface area contributed by atoms with E-state index in [9.17, 15) is 28.4 Å². The Hall–Kier alpha value is -5.24. The normalized spacial score (nSPS) is 13.4. The van der Waals surface area contributed by atoms with Gasteiger partial charge in [-0.15, -0.1) is 0 Å². The number of nitrogens with one attached hydrogen (secondary N) is 2. The molecule has 14 heteroatoms. The highest BCUT2D eigenvalue weighted by Crippen LogP contribution is 2.31. The monoisotopic (exact) mass is 589 g/mol. The van der Waals surface area contributed by atoms with Crippen LogP contribution in [0.25, 0.3) is 5.69 Å². The Kier molecular flexibility index (Phi) is 7.88. The first-order valence-corrected chi connectivity index (χ1v) is 14.5. The van der Waals surface area contributed by atoms with Gasteiger partial charge in [0.25, 0.3) is 15.7 Å². The highest BCUT2D eigenvalue weighted by molar-refractivity contribution is 7.92. The maximum Gasteiger partial charge on any atom is 0.337 e. The number of nitro benzene ring substituents is 1. The van der Waals surface area contributed by atoms with E-state index < -0.39 is 31.5 Å². The molecular weight excluding hydrogens is 562 g/mol. The van der Waals surface area contributed by atoms with Gasteiger partial charge < -0.3 is 10.0 Å². The van der Waals surface area contributed by atoms with Crippen molar-refractivity contribution in [3.63, 3.8) is 0 Å². The average molecular weight is 590 g/mol. The summed E-state index contributed by atoms with van der Waals surface area (Å²) in [6.45, 7) is 3.58. The molecule has 1 fully saturated rings. The summed E-state index contributed by atoms with van der Waals surface area (Å²) in [7, 11) is -4.35. The van der Waals surface area contributed by atoms with E-state index in [2.05, 4.69) is 20.1 Å². The van der Waals surface area contributed by atoms with Gasteiger partial charge in [-0.3, -0.25) is 20.3 Å². The molecule has 0 amide bonds. The van der Waals surface area contributed by atoms with E-state index in [1.165, 1.54) is 36.4 Å². The summed E-state index contributed by atoms with van der Waals surface area (Å²) in [6, 6.07) is 18.4. The van der Waals surface area contributed by atoms with Crippen LogP contribution in [0.1, 0.15) is 34.5 Å². The fourth-order valence-corrected chi connectivity index (χ4v) is 5.81. The van der Waals surface area contributed by atoms with E-state index in [1.807, 2.05) is 41.9 Å². The number of hydrogen-bond acceptors (Lipinski definition) is 9. The van der Waals surface area contributed by atoms with Gasteiger partial charge in [0.05, 0.1) is 44.2 Å². The predicted octanol–water partition coefficient (Wildman–Crippen LogP) is 4.63. The van der Waals surface area contributed by atoms with Crippen LogP contribution in [0.15, 0.2) is 82.8 Å². The van der Waals surface area contributed by atoms with Crippen LogP contribution in [0.4, 0.5) is 22.9 Å². The van der Waals surface area contributed by atoms with Gasteiger partial charge in [0, 0.05) is 19.2 Å². The summed E-state index contributed by atoms with van der Waals surface area (Å²) in [4.78, 5) is 24.4. The Morgan fingerprint density at radius 1 is 1.05 bits per heavy atom. The van der Waals surface area contributed by atoms with Crippen LogP contribution in [0.2, 0.25) is 0 Å². The van der Waals surface area contributed by atoms with Gasteiger partial charge in [-0.25, -0.2) is 17.9 Å². The zero-order valence-electron chi connectivity index (χ0n) is 22.5. The first-order valence-electron chi connectivity index (χ1n) is 13.0. The SMILES string of the molecule is Cc1nn(-c2ccccc2)c(N2CCCC2)c1/C=N/Nc1ccc(S(=O)(=O)Nc2ccccc2C(=O)O)cc1[N+](=O)[O-]. The van der Waals surface area contributed by atoms with Crippen LogP contribution >= 0.6 is 0 Å². The van der Waals surface area contributed by atoms with Gasteiger partial charge in [-0.05, 0) is 56.2 Å². The van der Waals surface area contributed by atoms with Crippen molar-refractivity contribution in [2.45, 2.75) is 24.7 Å². The van der Waals surface area contributed by atoms with Crippen LogP contribution in [-0.4, -0.2) is 53.5 Å². The molecule has 5 rings (SSSR count). The summed E-state index contributed by atoms with van der Waals surface area (Å²) in [5.41, 5.74) is 4.04. The number of nitro groups is 1. The minimum absolute atomic E-state index is 0.0306. The molecule has 0 bridgehead atoms. The smallest absolute Gasteiger partial charge is 0.337 e. The zero-order valence-corrected chi connectivity index (χ0v) is 23.3. The molecule has 42 heavy (non-hydrogen) atoms. The Balaban J connectivity index is 1.44. The molecule has 3 N–H and O–H groups in total. The number of anilines is 3. The van der Waals surface area contributed by atoms with Crippen molar-refractivity contribution < 1.29 is 23.2 Å². The quantitative estimate of drug-likeness (QED) is 0.135. The van der Waals surface area contributed by atoms with Gasteiger partial charge >= 0.3 is 5.97 Å². The Morgan fingerprint density at radius 2 is 1.74 bits per heavy atom. The number of benzene rings is 3. The highest BCUT2D eigenvalue weighted by Gasteiger charge is 2.25. The van der Waals surface area contributed by atoms with E-state index in [0.29, 0.717) is 0 Å². The van der Waals surface area contributed by atoms with Crippen molar-refractivity contribution in [3.8, 4) is 5.69 Å². The third-order valence-corrected chi connectivity index (χ3v) is 8.11. The van der Waals surface area contributed by atoms with Gasteiger partial charge in [0.2, 0.25) is 0 Å². The van der Waals surface area contributed by atoms with Crippen LogP contribution < -0.4 is 15.0 Å². The predicted molar refractivity (Wildman–Crippen MR) is 158 cm³/mol. The molecule has 0 saturated carbocycles. The molecular formula is C28H27N7O6S. The number of hydrazone groups is 1. The third kappa shape index (κ3) is 5.78. The minimum Gasteiger partial charge on any atom is -0.478 e. The molecule has 0 unspecified atom stereocenters. The van der Waals surface area contributed by atoms with Gasteiger partial charge in [0.1, 0.15) is 11.5 Å². The van der Waals surface area contributed by atoms with Crippen molar-refractivity contribution in [3.05, 3.63) is 99.7 Å². The molecule has 1 saturated heterocycles. The van der Waals surface area contributed by atoms with Crippen LogP contribution in [0, 0.1) is 17.0 Å². The number of nitrogens with zero attached hydrogens (tertiary/aromatic N) is 5. The second-order valence-electron chi connectivity index (χ2n) is 9.53. The van der Waals surface area contributed by atoms with Crippen LogP contribution in [0.5, 0.6) is 0 Å². The molecule has 216 valence electrons. The number of carboxylic acid groups (broad SMARTS) is 1. The molecule has 2 heterocycles. The number of para-hydroxylation sites is 2. The number of carboxylic acids is 1. The van der Waals surface area contributed by atoms with Gasteiger partial charge in [-0.2, -0.15) is 10.2 Å². The van der Waals surface area contributed by atoms with Crippen molar-refractivity contribution in [2.75, 3.05) is 28.1 Å². The second kappa shape index (κ2) is 11.7. The number of hydrogen-bond donors (Lipinski definition) is 3. The lowest BCUT2D eigenvalue weighted by atomic mass is 10.2. The second-order valence-corrected chi connectivity index (χ2v) is 11.2. The molecule has 0 radical (unpaired) electrons. The first-order chi connectivity index (χ1) is 20.2. The van der Waals surface area contributed by atoms with Crippen LogP contribution in [-0.2, 0) is 10.0 Å². The largest absolute Gasteiger partial charge is 0.478 e. The molecule has 1 aliphatic heterocycles. The number of aromatic carboxylic acids is 1. The Bertz CT molecular complexity index is 1780. The summed E-state index contributed by atoms with van der Waals surface area (Å²) in [5, 5.41) is 30.2. The van der Waals surface area contributed by atoms with E-state index >= 15 is 0 Å². The molecule has 1 aliphatic rings. The summed E-state index contributed by atoms with van der Waals surface area (Å²) in [6.07, 6.45) is 3.65. The maximum atomic E-state index is 13.0. The fraction of sp³-hybridized carbons (Fsp3) is 0.179. The average Bonchev–Trinajstić information content (AvgIpc) is 3.61. The maximum absolute atomic E-state index is 13.0. The number of aromatic nitrogens is 2. The van der Waals surface area contributed by atoms with Crippen molar-refractivity contribution in [1.82, 2.24) is 9.78 Å². The fourth-order valence-electron chi connectivity index (χ4n) is 4.71. The van der Waals surface area contributed by atoms with Crippen molar-refractivity contribution >= 4 is 45.1 Å². The number of aryl methyl sites for hydroxylation is 1. The van der Waals surface area contributed by atoms with Gasteiger partial charge in [-0.1, -0.05) is 30.3 Å². The molecule has 13 nitrogen and oxygen atoms in total. The van der Waals surface area contributed by atoms with Gasteiger partial charge in [0.15, 0.2) is 0 Å². The standard InChI is InChI=1S/C28H27N7O6S/c1-19-23(27(33-15-7-8-16-33)34(31-19)20-9-3-2-4-10-20)18-29-30-25-14-13-21(17-26(25)35(38)39)42(40,41)32-24-12-6-5-11-22(24)28(36)37/h2-6,9-14,17-18,30,32H,7-8,15-16H2,1H3,(H,36,37)/b29-18+.